The first kappa shape index (κ1) is 10.8. The summed E-state index contributed by atoms with van der Waals surface area (Å²) in [5, 5.41) is 4.63. The quantitative estimate of drug-likeness (QED) is 0.848. The number of amidine groups is 1. The molecule has 0 atom stereocenters. The van der Waals surface area contributed by atoms with Crippen molar-refractivity contribution < 1.29 is 0 Å². The van der Waals surface area contributed by atoms with Crippen LogP contribution in [0.1, 0.15) is 11.1 Å². The van der Waals surface area contributed by atoms with E-state index in [1.807, 2.05) is 13.0 Å². The second-order valence-corrected chi connectivity index (χ2v) is 4.46. The summed E-state index contributed by atoms with van der Waals surface area (Å²) in [5.74, 6) is 1.02. The highest BCUT2D eigenvalue weighted by Crippen LogP contribution is 2.25. The van der Waals surface area contributed by atoms with E-state index in [1.165, 1.54) is 0 Å². The molecule has 4 heteroatoms. The Bertz CT molecular complexity index is 390. The minimum absolute atomic E-state index is 0.683. The topological polar surface area (TPSA) is 24.4 Å². The van der Waals surface area contributed by atoms with Crippen LogP contribution in [0.25, 0.3) is 0 Å². The third-order valence-electron chi connectivity index (χ3n) is 2.47. The average Bonchev–Trinajstić information content (AvgIpc) is 2.63. The molecule has 0 unspecified atom stereocenters. The lowest BCUT2D eigenvalue weighted by atomic mass is 10.1. The number of nitrogens with one attached hydrogen (secondary N) is 1. The summed E-state index contributed by atoms with van der Waals surface area (Å²) < 4.78 is 0. The molecule has 0 radical (unpaired) electrons. The summed E-state index contributed by atoms with van der Waals surface area (Å²) in [6.07, 6.45) is 0.766. The summed E-state index contributed by atoms with van der Waals surface area (Å²) in [5.41, 5.74) is 2.22. The summed E-state index contributed by atoms with van der Waals surface area (Å²) in [4.78, 5) is 4.35. The fourth-order valence-electron chi connectivity index (χ4n) is 1.69. The molecule has 0 spiro atoms. The van der Waals surface area contributed by atoms with Crippen LogP contribution in [-0.4, -0.2) is 18.9 Å². The molecule has 80 valence electrons. The Kier molecular flexibility index (Phi) is 3.17. The Hall–Kier alpha value is -0.730. The van der Waals surface area contributed by atoms with Crippen molar-refractivity contribution in [3.63, 3.8) is 0 Å². The summed E-state index contributed by atoms with van der Waals surface area (Å²) in [6.45, 7) is 3.81. The van der Waals surface area contributed by atoms with Gasteiger partial charge in [-0.25, -0.2) is 0 Å². The van der Waals surface area contributed by atoms with Gasteiger partial charge in [-0.1, -0.05) is 23.2 Å². The van der Waals surface area contributed by atoms with Crippen molar-refractivity contribution in [2.75, 3.05) is 13.1 Å². The molecule has 1 N–H and O–H groups in total. The van der Waals surface area contributed by atoms with E-state index < -0.39 is 0 Å². The monoisotopic (exact) mass is 242 g/mol. The van der Waals surface area contributed by atoms with Crippen molar-refractivity contribution in [1.82, 2.24) is 5.32 Å². The highest BCUT2D eigenvalue weighted by atomic mass is 35.5. The zero-order valence-electron chi connectivity index (χ0n) is 8.48. The van der Waals surface area contributed by atoms with Crippen LogP contribution in [0.3, 0.4) is 0 Å². The highest BCUT2D eigenvalue weighted by Gasteiger charge is 2.11. The molecule has 1 aliphatic rings. The third kappa shape index (κ3) is 2.44. The van der Waals surface area contributed by atoms with Gasteiger partial charge in [-0.15, -0.1) is 0 Å². The third-order valence-corrected chi connectivity index (χ3v) is 3.03. The number of benzene rings is 1. The van der Waals surface area contributed by atoms with E-state index in [1.54, 1.807) is 6.07 Å². The van der Waals surface area contributed by atoms with Gasteiger partial charge in [-0.2, -0.15) is 0 Å². The van der Waals surface area contributed by atoms with Crippen LogP contribution >= 0.6 is 23.2 Å². The zero-order valence-corrected chi connectivity index (χ0v) is 9.99. The number of hydrogen-bond acceptors (Lipinski definition) is 2. The van der Waals surface area contributed by atoms with Gasteiger partial charge in [0.2, 0.25) is 0 Å². The Morgan fingerprint density at radius 3 is 2.80 bits per heavy atom. The van der Waals surface area contributed by atoms with Gasteiger partial charge in [0.1, 0.15) is 5.84 Å². The Morgan fingerprint density at radius 1 is 1.40 bits per heavy atom. The van der Waals surface area contributed by atoms with Crippen molar-refractivity contribution in [3.8, 4) is 0 Å². The van der Waals surface area contributed by atoms with E-state index in [9.17, 15) is 0 Å². The number of aliphatic imine (C=N–C) groups is 1. The van der Waals surface area contributed by atoms with E-state index in [0.29, 0.717) is 5.02 Å². The van der Waals surface area contributed by atoms with Gasteiger partial charge in [-0.3, -0.25) is 4.99 Å². The highest BCUT2D eigenvalue weighted by molar-refractivity contribution is 6.35. The second-order valence-electron chi connectivity index (χ2n) is 3.62. The smallest absolute Gasteiger partial charge is 0.101 e. The molecule has 15 heavy (non-hydrogen) atoms. The van der Waals surface area contributed by atoms with Crippen molar-refractivity contribution in [1.29, 1.82) is 0 Å². The molecule has 1 aromatic rings. The minimum atomic E-state index is 0.683. The molecule has 2 rings (SSSR count). The maximum atomic E-state index is 6.15. The summed E-state index contributed by atoms with van der Waals surface area (Å²) in [6, 6.07) is 3.71. The molecule has 1 heterocycles. The van der Waals surface area contributed by atoms with E-state index in [4.69, 9.17) is 23.2 Å². The molecule has 0 fully saturated rings. The van der Waals surface area contributed by atoms with Gasteiger partial charge in [0.05, 0.1) is 6.54 Å². The molecule has 1 aromatic carbocycles. The van der Waals surface area contributed by atoms with Crippen molar-refractivity contribution in [2.45, 2.75) is 13.3 Å². The van der Waals surface area contributed by atoms with Crippen LogP contribution in [0.15, 0.2) is 17.1 Å². The lowest BCUT2D eigenvalue weighted by molar-refractivity contribution is 0.953. The van der Waals surface area contributed by atoms with Crippen molar-refractivity contribution >= 4 is 29.0 Å². The number of halogens is 2. The Balaban J connectivity index is 2.27. The fourth-order valence-corrected chi connectivity index (χ4v) is 2.35. The standard InChI is InChI=1S/C11H12Cl2N2/c1-7-4-8(12)5-10(13)9(7)6-11-14-2-3-15-11/h4-5H,2-3,6H2,1H3,(H,14,15). The van der Waals surface area contributed by atoms with Crippen LogP contribution in [0.2, 0.25) is 10.0 Å². The summed E-state index contributed by atoms with van der Waals surface area (Å²) in [7, 11) is 0. The largest absolute Gasteiger partial charge is 0.372 e. The predicted molar refractivity (Wildman–Crippen MR) is 65.2 cm³/mol. The van der Waals surface area contributed by atoms with Crippen molar-refractivity contribution in [2.24, 2.45) is 4.99 Å². The molecule has 0 aromatic heterocycles. The Labute approximate surface area is 99.3 Å². The molecule has 0 aliphatic carbocycles. The van der Waals surface area contributed by atoms with E-state index >= 15 is 0 Å². The minimum Gasteiger partial charge on any atom is -0.372 e. The van der Waals surface area contributed by atoms with Crippen molar-refractivity contribution in [3.05, 3.63) is 33.3 Å². The normalized spacial score (nSPS) is 15.0. The second kappa shape index (κ2) is 4.42. The van der Waals surface area contributed by atoms with Gasteiger partial charge in [0.25, 0.3) is 0 Å². The van der Waals surface area contributed by atoms with Gasteiger partial charge in [0, 0.05) is 23.0 Å². The molecule has 0 saturated carbocycles. The van der Waals surface area contributed by atoms with Crippen LogP contribution in [0, 0.1) is 6.92 Å². The fraction of sp³-hybridized carbons (Fsp3) is 0.364. The first-order valence-electron chi connectivity index (χ1n) is 4.88. The maximum Gasteiger partial charge on any atom is 0.101 e. The van der Waals surface area contributed by atoms with Gasteiger partial charge >= 0.3 is 0 Å². The molecule has 0 saturated heterocycles. The van der Waals surface area contributed by atoms with Gasteiger partial charge < -0.3 is 5.32 Å². The predicted octanol–water partition coefficient (Wildman–Crippen LogP) is 2.85. The van der Waals surface area contributed by atoms with Crippen LogP contribution < -0.4 is 5.32 Å². The SMILES string of the molecule is Cc1cc(Cl)cc(Cl)c1CC1=NCCN1. The first-order chi connectivity index (χ1) is 7.16. The number of rotatable bonds is 2. The molecule has 0 bridgehead atoms. The average molecular weight is 243 g/mol. The number of aryl methyl sites for hydroxylation is 1. The van der Waals surface area contributed by atoms with E-state index in [-0.39, 0.29) is 0 Å². The summed E-state index contributed by atoms with van der Waals surface area (Å²) >= 11 is 12.1. The van der Waals surface area contributed by atoms with Crippen LogP contribution in [0.4, 0.5) is 0 Å². The van der Waals surface area contributed by atoms with Crippen LogP contribution in [-0.2, 0) is 6.42 Å². The molecule has 1 aliphatic heterocycles. The van der Waals surface area contributed by atoms with Gasteiger partial charge in [0.15, 0.2) is 0 Å². The number of hydrogen-bond donors (Lipinski definition) is 1. The molecular weight excluding hydrogens is 231 g/mol. The van der Waals surface area contributed by atoms with Crippen LogP contribution in [0.5, 0.6) is 0 Å². The first-order valence-corrected chi connectivity index (χ1v) is 5.64. The molecule has 2 nitrogen and oxygen atoms in total. The Morgan fingerprint density at radius 2 is 2.20 bits per heavy atom. The number of nitrogens with zero attached hydrogens (tertiary/aromatic N) is 1. The van der Waals surface area contributed by atoms with E-state index in [2.05, 4.69) is 10.3 Å². The zero-order chi connectivity index (χ0) is 10.8. The lowest BCUT2D eigenvalue weighted by Crippen LogP contribution is -2.21. The lowest BCUT2D eigenvalue weighted by Gasteiger charge is -2.09. The molecule has 0 amide bonds. The van der Waals surface area contributed by atoms with E-state index in [0.717, 1.165) is 41.5 Å². The molecular formula is C11H12Cl2N2. The maximum absolute atomic E-state index is 6.15. The van der Waals surface area contributed by atoms with Gasteiger partial charge in [-0.05, 0) is 30.2 Å².